The zero-order chi connectivity index (χ0) is 21.9. The molecule has 1 aliphatic heterocycles. The summed E-state index contributed by atoms with van der Waals surface area (Å²) in [5.74, 6) is 2.16. The van der Waals surface area contributed by atoms with Gasteiger partial charge in [0.15, 0.2) is 0 Å². The second-order valence-electron chi connectivity index (χ2n) is 8.32. The molecule has 5 rings (SSSR count). The van der Waals surface area contributed by atoms with Gasteiger partial charge in [-0.2, -0.15) is 0 Å². The Kier molecular flexibility index (Phi) is 5.63. The minimum atomic E-state index is 0.0763. The van der Waals surface area contributed by atoms with E-state index >= 15 is 0 Å². The lowest BCUT2D eigenvalue weighted by molar-refractivity contribution is -0.117. The molecule has 1 aromatic heterocycles. The van der Waals surface area contributed by atoms with Crippen molar-refractivity contribution in [3.63, 3.8) is 0 Å². The van der Waals surface area contributed by atoms with Crippen LogP contribution in [0.25, 0.3) is 11.0 Å². The van der Waals surface area contributed by atoms with Gasteiger partial charge in [0.25, 0.3) is 0 Å². The molecule has 5 heteroatoms. The number of imidazole rings is 1. The van der Waals surface area contributed by atoms with Crippen LogP contribution in [0.1, 0.15) is 30.1 Å². The van der Waals surface area contributed by atoms with Gasteiger partial charge in [0.2, 0.25) is 5.91 Å². The van der Waals surface area contributed by atoms with E-state index in [2.05, 4.69) is 23.6 Å². The highest BCUT2D eigenvalue weighted by atomic mass is 16.5. The molecule has 0 aliphatic carbocycles. The van der Waals surface area contributed by atoms with E-state index in [9.17, 15) is 4.79 Å². The summed E-state index contributed by atoms with van der Waals surface area (Å²) in [6, 6.07) is 26.2. The topological polar surface area (TPSA) is 47.4 Å². The first-order valence-electron chi connectivity index (χ1n) is 11.2. The highest BCUT2D eigenvalue weighted by Crippen LogP contribution is 2.33. The summed E-state index contributed by atoms with van der Waals surface area (Å²) in [5.41, 5.74) is 4.19. The largest absolute Gasteiger partial charge is 0.493 e. The second kappa shape index (κ2) is 8.87. The van der Waals surface area contributed by atoms with Crippen LogP contribution >= 0.6 is 0 Å². The Bertz CT molecular complexity index is 1230. The number of aryl methyl sites for hydroxylation is 2. The smallest absolute Gasteiger partial charge is 0.227 e. The minimum Gasteiger partial charge on any atom is -0.493 e. The van der Waals surface area contributed by atoms with Crippen LogP contribution in [0, 0.1) is 6.92 Å². The fourth-order valence-electron chi connectivity index (χ4n) is 4.50. The van der Waals surface area contributed by atoms with Gasteiger partial charge in [-0.15, -0.1) is 0 Å². The van der Waals surface area contributed by atoms with Crippen molar-refractivity contribution in [2.24, 2.45) is 0 Å². The highest BCUT2D eigenvalue weighted by molar-refractivity contribution is 5.96. The molecule has 1 aliphatic rings. The van der Waals surface area contributed by atoms with E-state index in [0.29, 0.717) is 19.6 Å². The molecular weight excluding hydrogens is 398 g/mol. The number of anilines is 1. The summed E-state index contributed by atoms with van der Waals surface area (Å²) >= 11 is 0. The molecule has 162 valence electrons. The first-order chi connectivity index (χ1) is 15.7. The Hall–Kier alpha value is -3.60. The lowest BCUT2D eigenvalue weighted by Gasteiger charge is -2.17. The van der Waals surface area contributed by atoms with Crippen molar-refractivity contribution in [1.29, 1.82) is 0 Å². The van der Waals surface area contributed by atoms with E-state index in [1.807, 2.05) is 71.6 Å². The zero-order valence-corrected chi connectivity index (χ0v) is 18.3. The van der Waals surface area contributed by atoms with Gasteiger partial charge in [0, 0.05) is 31.1 Å². The molecule has 1 unspecified atom stereocenters. The molecule has 0 saturated carbocycles. The number of rotatable bonds is 7. The molecule has 1 fully saturated rings. The molecule has 4 aromatic rings. The van der Waals surface area contributed by atoms with Crippen LogP contribution in [0.5, 0.6) is 5.75 Å². The van der Waals surface area contributed by atoms with Crippen LogP contribution in [0.4, 0.5) is 5.69 Å². The lowest BCUT2D eigenvalue weighted by Crippen LogP contribution is -2.24. The quantitative estimate of drug-likeness (QED) is 0.376. The molecule has 1 amide bonds. The zero-order valence-electron chi connectivity index (χ0n) is 18.3. The Labute approximate surface area is 188 Å². The SMILES string of the molecule is Cc1ccccc1OCCCn1c(C2CC(=O)N(c3ccccc3)C2)nc2ccccc21. The van der Waals surface area contributed by atoms with Gasteiger partial charge in [-0.3, -0.25) is 4.79 Å². The van der Waals surface area contributed by atoms with Gasteiger partial charge >= 0.3 is 0 Å². The van der Waals surface area contributed by atoms with Gasteiger partial charge in [-0.25, -0.2) is 4.98 Å². The van der Waals surface area contributed by atoms with Crippen LogP contribution in [0.3, 0.4) is 0 Å². The van der Waals surface area contributed by atoms with Crippen molar-refractivity contribution in [2.75, 3.05) is 18.1 Å². The average molecular weight is 426 g/mol. The summed E-state index contributed by atoms with van der Waals surface area (Å²) in [7, 11) is 0. The molecule has 5 nitrogen and oxygen atoms in total. The number of carbonyl (C=O) groups excluding carboxylic acids is 1. The van der Waals surface area contributed by atoms with Gasteiger partial charge < -0.3 is 14.2 Å². The van der Waals surface area contributed by atoms with Gasteiger partial charge in [-0.05, 0) is 49.2 Å². The average Bonchev–Trinajstić information content (AvgIpc) is 3.39. The monoisotopic (exact) mass is 425 g/mol. The molecule has 3 aromatic carbocycles. The van der Waals surface area contributed by atoms with Crippen molar-refractivity contribution in [3.8, 4) is 5.75 Å². The number of benzene rings is 3. The summed E-state index contributed by atoms with van der Waals surface area (Å²) in [6.45, 7) is 4.16. The van der Waals surface area contributed by atoms with Crippen molar-refractivity contribution in [1.82, 2.24) is 9.55 Å². The van der Waals surface area contributed by atoms with E-state index in [-0.39, 0.29) is 11.8 Å². The van der Waals surface area contributed by atoms with Crippen molar-refractivity contribution >= 4 is 22.6 Å². The van der Waals surface area contributed by atoms with Gasteiger partial charge in [0.1, 0.15) is 11.6 Å². The van der Waals surface area contributed by atoms with Crippen LogP contribution in [-0.4, -0.2) is 28.6 Å². The van der Waals surface area contributed by atoms with Crippen molar-refractivity contribution in [2.45, 2.75) is 32.2 Å². The van der Waals surface area contributed by atoms with Crippen LogP contribution < -0.4 is 9.64 Å². The third kappa shape index (κ3) is 3.98. The Morgan fingerprint density at radius 2 is 1.72 bits per heavy atom. The lowest BCUT2D eigenvalue weighted by atomic mass is 10.1. The third-order valence-electron chi connectivity index (χ3n) is 6.12. The first kappa shape index (κ1) is 20.3. The predicted molar refractivity (Wildman–Crippen MR) is 127 cm³/mol. The highest BCUT2D eigenvalue weighted by Gasteiger charge is 2.34. The minimum absolute atomic E-state index is 0.0763. The maximum Gasteiger partial charge on any atom is 0.227 e. The standard InChI is InChI=1S/C27H27N3O2/c1-20-10-5-8-15-25(20)32-17-9-16-29-24-14-7-6-13-23(24)28-27(29)21-18-26(31)30(19-21)22-11-3-2-4-12-22/h2-8,10-15,21H,9,16-19H2,1H3. The normalized spacial score (nSPS) is 16.1. The summed E-state index contributed by atoms with van der Waals surface area (Å²) in [4.78, 5) is 19.6. The molecule has 2 heterocycles. The molecule has 0 spiro atoms. The van der Waals surface area contributed by atoms with Crippen molar-refractivity contribution in [3.05, 3.63) is 90.3 Å². The van der Waals surface area contributed by atoms with Gasteiger partial charge in [-0.1, -0.05) is 48.5 Å². The van der Waals surface area contributed by atoms with Crippen LogP contribution in [0.15, 0.2) is 78.9 Å². The molecule has 32 heavy (non-hydrogen) atoms. The van der Waals surface area contributed by atoms with E-state index in [4.69, 9.17) is 9.72 Å². The number of carbonyl (C=O) groups is 1. The number of aromatic nitrogens is 2. The number of hydrogen-bond donors (Lipinski definition) is 0. The number of amides is 1. The van der Waals surface area contributed by atoms with E-state index in [1.165, 1.54) is 0 Å². The number of hydrogen-bond acceptors (Lipinski definition) is 3. The second-order valence-corrected chi connectivity index (χ2v) is 8.32. The molecule has 1 saturated heterocycles. The van der Waals surface area contributed by atoms with Gasteiger partial charge in [0.05, 0.1) is 17.6 Å². The van der Waals surface area contributed by atoms with E-state index in [1.54, 1.807) is 0 Å². The number of ether oxygens (including phenoxy) is 1. The maximum atomic E-state index is 12.8. The molecule has 0 N–H and O–H groups in total. The fourth-order valence-corrected chi connectivity index (χ4v) is 4.50. The fraction of sp³-hybridized carbons (Fsp3) is 0.259. The van der Waals surface area contributed by atoms with Crippen molar-refractivity contribution < 1.29 is 9.53 Å². The predicted octanol–water partition coefficient (Wildman–Crippen LogP) is 5.33. The van der Waals surface area contributed by atoms with E-state index in [0.717, 1.165) is 46.8 Å². The number of nitrogens with zero attached hydrogens (tertiary/aromatic N) is 3. The summed E-state index contributed by atoms with van der Waals surface area (Å²) in [5, 5.41) is 0. The van der Waals surface area contributed by atoms with Crippen LogP contribution in [0.2, 0.25) is 0 Å². The number of para-hydroxylation sites is 4. The Balaban J connectivity index is 1.35. The third-order valence-corrected chi connectivity index (χ3v) is 6.12. The Morgan fingerprint density at radius 3 is 2.56 bits per heavy atom. The molecular formula is C27H27N3O2. The summed E-state index contributed by atoms with van der Waals surface area (Å²) < 4.78 is 8.29. The Morgan fingerprint density at radius 1 is 0.969 bits per heavy atom. The van der Waals surface area contributed by atoms with E-state index < -0.39 is 0 Å². The maximum absolute atomic E-state index is 12.8. The van der Waals surface area contributed by atoms with Crippen LogP contribution in [-0.2, 0) is 11.3 Å². The molecule has 1 atom stereocenters. The summed E-state index contributed by atoms with van der Waals surface area (Å²) in [6.07, 6.45) is 1.35. The first-order valence-corrected chi connectivity index (χ1v) is 11.2. The molecule has 0 radical (unpaired) electrons. The molecule has 0 bridgehead atoms. The number of fused-ring (bicyclic) bond motifs is 1.